The van der Waals surface area contributed by atoms with Crippen molar-refractivity contribution in [1.82, 2.24) is 0 Å². The summed E-state index contributed by atoms with van der Waals surface area (Å²) in [6, 6.07) is 15.0. The van der Waals surface area contributed by atoms with Crippen LogP contribution in [0.3, 0.4) is 0 Å². The van der Waals surface area contributed by atoms with E-state index in [1.54, 1.807) is 42.5 Å². The summed E-state index contributed by atoms with van der Waals surface area (Å²) in [5.74, 6) is 0. The minimum absolute atomic E-state index is 0.160. The van der Waals surface area contributed by atoms with Crippen LogP contribution in [0.15, 0.2) is 63.9 Å². The minimum Gasteiger partial charge on any atom is -0.199 e. The Labute approximate surface area is 111 Å². The van der Waals surface area contributed by atoms with Crippen molar-refractivity contribution >= 4 is 27.8 Å². The number of sulfonamides is 1. The van der Waals surface area contributed by atoms with Gasteiger partial charge in [0.2, 0.25) is 0 Å². The molecule has 0 unspecified atom stereocenters. The molecule has 3 nitrogen and oxygen atoms in total. The summed E-state index contributed by atoms with van der Waals surface area (Å²) in [6.07, 6.45) is 1.25. The van der Waals surface area contributed by atoms with Crippen molar-refractivity contribution in [3.63, 3.8) is 0 Å². The molecule has 92 valence electrons. The maximum absolute atomic E-state index is 11.9. The summed E-state index contributed by atoms with van der Waals surface area (Å²) in [5, 5.41) is 0.463. The molecule has 2 rings (SSSR count). The third-order valence-electron chi connectivity index (χ3n) is 2.28. The summed E-state index contributed by atoms with van der Waals surface area (Å²) in [7, 11) is -3.66. The molecular formula is C13H10ClNO2S. The number of hydrogen-bond donors (Lipinski definition) is 0. The fourth-order valence-electron chi connectivity index (χ4n) is 1.36. The lowest BCUT2D eigenvalue weighted by Gasteiger charge is -1.98. The molecule has 2 aromatic rings. The lowest BCUT2D eigenvalue weighted by Crippen LogP contribution is -1.97. The Kier molecular flexibility index (Phi) is 3.79. The van der Waals surface area contributed by atoms with Crippen molar-refractivity contribution in [2.75, 3.05) is 0 Å². The molecule has 0 fully saturated rings. The van der Waals surface area contributed by atoms with Crippen LogP contribution in [0.4, 0.5) is 0 Å². The molecule has 5 heteroatoms. The van der Waals surface area contributed by atoms with E-state index < -0.39 is 10.0 Å². The van der Waals surface area contributed by atoms with Gasteiger partial charge >= 0.3 is 0 Å². The van der Waals surface area contributed by atoms with Crippen molar-refractivity contribution in [2.24, 2.45) is 4.40 Å². The number of hydrogen-bond acceptors (Lipinski definition) is 2. The van der Waals surface area contributed by atoms with Gasteiger partial charge in [-0.25, -0.2) is 0 Å². The summed E-state index contributed by atoms with van der Waals surface area (Å²) in [4.78, 5) is 0.160. The Morgan fingerprint density at radius 2 is 1.56 bits per heavy atom. The van der Waals surface area contributed by atoms with E-state index in [0.29, 0.717) is 10.6 Å². The Morgan fingerprint density at radius 3 is 2.22 bits per heavy atom. The van der Waals surface area contributed by atoms with E-state index >= 15 is 0 Å². The summed E-state index contributed by atoms with van der Waals surface area (Å²) in [5.41, 5.74) is 0.568. The molecule has 0 saturated carbocycles. The highest BCUT2D eigenvalue weighted by Gasteiger charge is 2.10. The molecule has 0 radical (unpaired) electrons. The van der Waals surface area contributed by atoms with Crippen LogP contribution in [0.1, 0.15) is 5.56 Å². The van der Waals surface area contributed by atoms with Crippen LogP contribution >= 0.6 is 11.6 Å². The number of rotatable bonds is 3. The molecule has 18 heavy (non-hydrogen) atoms. The number of halogens is 1. The topological polar surface area (TPSA) is 46.5 Å². The first kappa shape index (κ1) is 12.8. The fourth-order valence-corrected chi connectivity index (χ4v) is 2.42. The lowest BCUT2D eigenvalue weighted by atomic mass is 10.2. The second kappa shape index (κ2) is 5.33. The monoisotopic (exact) mass is 279 g/mol. The van der Waals surface area contributed by atoms with Crippen molar-refractivity contribution in [1.29, 1.82) is 0 Å². The molecular weight excluding hydrogens is 270 g/mol. The van der Waals surface area contributed by atoms with Gasteiger partial charge in [0.15, 0.2) is 0 Å². The van der Waals surface area contributed by atoms with Gasteiger partial charge in [0, 0.05) is 16.8 Å². The summed E-state index contributed by atoms with van der Waals surface area (Å²) in [6.45, 7) is 0. The molecule has 0 N–H and O–H groups in total. The van der Waals surface area contributed by atoms with E-state index in [4.69, 9.17) is 11.6 Å². The van der Waals surface area contributed by atoms with E-state index in [9.17, 15) is 8.42 Å². The largest absolute Gasteiger partial charge is 0.282 e. The molecule has 0 saturated heterocycles. The zero-order valence-corrected chi connectivity index (χ0v) is 10.9. The fraction of sp³-hybridized carbons (Fsp3) is 0. The van der Waals surface area contributed by atoms with Gasteiger partial charge in [0.1, 0.15) is 0 Å². The SMILES string of the molecule is O=S(=O)(/N=C/c1ccccc1Cl)c1ccccc1. The first-order valence-corrected chi connectivity index (χ1v) is 7.01. The van der Waals surface area contributed by atoms with Crippen LogP contribution in [0, 0.1) is 0 Å². The molecule has 0 aliphatic rings. The van der Waals surface area contributed by atoms with Gasteiger partial charge in [-0.3, -0.25) is 0 Å². The number of benzene rings is 2. The van der Waals surface area contributed by atoms with Crippen molar-refractivity contribution < 1.29 is 8.42 Å². The maximum Gasteiger partial charge on any atom is 0.282 e. The highest BCUT2D eigenvalue weighted by molar-refractivity contribution is 7.90. The molecule has 0 bridgehead atoms. The van der Waals surface area contributed by atoms with Gasteiger partial charge in [0.25, 0.3) is 10.0 Å². The third kappa shape index (κ3) is 2.97. The summed E-state index contributed by atoms with van der Waals surface area (Å²) < 4.78 is 27.4. The van der Waals surface area contributed by atoms with Crippen molar-refractivity contribution in [2.45, 2.75) is 4.90 Å². The lowest BCUT2D eigenvalue weighted by molar-refractivity contribution is 0.598. The number of nitrogens with zero attached hydrogens (tertiary/aromatic N) is 1. The zero-order valence-electron chi connectivity index (χ0n) is 9.32. The standard InChI is InChI=1S/C13H10ClNO2S/c14-13-9-5-4-6-11(13)10-15-18(16,17)12-7-2-1-3-8-12/h1-10H/b15-10+. The Bertz CT molecular complexity index is 666. The predicted molar refractivity (Wildman–Crippen MR) is 72.7 cm³/mol. The van der Waals surface area contributed by atoms with Gasteiger partial charge < -0.3 is 0 Å². The zero-order chi connectivity index (χ0) is 13.0. The van der Waals surface area contributed by atoms with Gasteiger partial charge in [0.05, 0.1) is 4.90 Å². The highest BCUT2D eigenvalue weighted by atomic mass is 35.5. The molecule has 0 aliphatic carbocycles. The average Bonchev–Trinajstić information content (AvgIpc) is 2.39. The molecule has 2 aromatic carbocycles. The highest BCUT2D eigenvalue weighted by Crippen LogP contribution is 2.15. The van der Waals surface area contributed by atoms with Crippen LogP contribution < -0.4 is 0 Å². The molecule has 0 aliphatic heterocycles. The smallest absolute Gasteiger partial charge is 0.199 e. The molecule has 0 spiro atoms. The molecule has 0 heterocycles. The second-order valence-corrected chi connectivity index (χ2v) is 5.58. The maximum atomic E-state index is 11.9. The van der Waals surface area contributed by atoms with Crippen LogP contribution in [0.2, 0.25) is 5.02 Å². The van der Waals surface area contributed by atoms with E-state index in [2.05, 4.69) is 4.40 Å². The third-order valence-corrected chi connectivity index (χ3v) is 3.87. The quantitative estimate of drug-likeness (QED) is 0.810. The van der Waals surface area contributed by atoms with E-state index in [0.717, 1.165) is 0 Å². The van der Waals surface area contributed by atoms with Crippen LogP contribution in [0.5, 0.6) is 0 Å². The average molecular weight is 280 g/mol. The van der Waals surface area contributed by atoms with E-state index in [1.165, 1.54) is 18.3 Å². The van der Waals surface area contributed by atoms with E-state index in [1.807, 2.05) is 0 Å². The Balaban J connectivity index is 2.32. The van der Waals surface area contributed by atoms with Crippen LogP contribution in [-0.2, 0) is 10.0 Å². The second-order valence-electron chi connectivity index (χ2n) is 3.54. The van der Waals surface area contributed by atoms with Crippen molar-refractivity contribution in [3.8, 4) is 0 Å². The Hall–Kier alpha value is -1.65. The van der Waals surface area contributed by atoms with Gasteiger partial charge in [-0.15, -0.1) is 0 Å². The van der Waals surface area contributed by atoms with Crippen LogP contribution in [0.25, 0.3) is 0 Å². The van der Waals surface area contributed by atoms with Gasteiger partial charge in [-0.1, -0.05) is 48.0 Å². The van der Waals surface area contributed by atoms with Crippen molar-refractivity contribution in [3.05, 3.63) is 65.2 Å². The van der Waals surface area contributed by atoms with E-state index in [-0.39, 0.29) is 4.90 Å². The first-order chi connectivity index (χ1) is 8.59. The Morgan fingerprint density at radius 1 is 0.944 bits per heavy atom. The molecule has 0 amide bonds. The predicted octanol–water partition coefficient (Wildman–Crippen LogP) is 3.15. The van der Waals surface area contributed by atoms with Crippen LogP contribution in [-0.4, -0.2) is 14.6 Å². The first-order valence-electron chi connectivity index (χ1n) is 5.19. The minimum atomic E-state index is -3.66. The van der Waals surface area contributed by atoms with Gasteiger partial charge in [-0.2, -0.15) is 12.8 Å². The molecule has 0 aromatic heterocycles. The summed E-state index contributed by atoms with van der Waals surface area (Å²) >= 11 is 5.91. The normalized spacial score (nSPS) is 11.8. The van der Waals surface area contributed by atoms with Gasteiger partial charge in [-0.05, 0) is 18.2 Å². The molecule has 0 atom stereocenters.